The smallest absolute Gasteiger partial charge is 0.246 e. The van der Waals surface area contributed by atoms with Gasteiger partial charge < -0.3 is 19.9 Å². The number of aromatic nitrogens is 2. The number of aryl methyl sites for hydroxylation is 1. The monoisotopic (exact) mass is 326 g/mol. The summed E-state index contributed by atoms with van der Waals surface area (Å²) < 4.78 is 1.31. The van der Waals surface area contributed by atoms with Gasteiger partial charge in [0.1, 0.15) is 11.9 Å². The number of amides is 2. The Morgan fingerprint density at radius 1 is 1.64 bits per heavy atom. The third-order valence-corrected chi connectivity index (χ3v) is 5.10. The summed E-state index contributed by atoms with van der Waals surface area (Å²) in [6, 6.07) is -0.558. The minimum Gasteiger partial charge on any atom is -0.395 e. The van der Waals surface area contributed by atoms with Gasteiger partial charge in [-0.05, 0) is 13.8 Å². The number of aliphatic hydroxyl groups is 1. The summed E-state index contributed by atoms with van der Waals surface area (Å²) in [6.45, 7) is 4.07. The van der Waals surface area contributed by atoms with Gasteiger partial charge in [-0.3, -0.25) is 9.59 Å². The van der Waals surface area contributed by atoms with E-state index in [4.69, 9.17) is 0 Å². The zero-order valence-corrected chi connectivity index (χ0v) is 13.9. The lowest BCUT2D eigenvalue weighted by atomic mass is 10.1. The van der Waals surface area contributed by atoms with Gasteiger partial charge in [0.05, 0.1) is 17.9 Å². The first kappa shape index (κ1) is 16.8. The third-order valence-electron chi connectivity index (χ3n) is 3.70. The molecule has 1 atom stereocenters. The molecule has 1 aromatic heterocycles. The van der Waals surface area contributed by atoms with E-state index in [-0.39, 0.29) is 25.0 Å². The largest absolute Gasteiger partial charge is 0.395 e. The van der Waals surface area contributed by atoms with Gasteiger partial charge in [0.2, 0.25) is 11.8 Å². The average molecular weight is 326 g/mol. The molecule has 7 nitrogen and oxygen atoms in total. The SMILES string of the molecule is Cn1ccnc1CN(CCO)C(=O)[C@H]1CSC(C)(C)C(=O)N1. The number of aliphatic hydroxyl groups excluding tert-OH is 1. The molecular weight excluding hydrogens is 304 g/mol. The van der Waals surface area contributed by atoms with Crippen LogP contribution < -0.4 is 5.32 Å². The maximum atomic E-state index is 12.6. The minimum absolute atomic E-state index is 0.129. The van der Waals surface area contributed by atoms with E-state index in [1.54, 1.807) is 12.4 Å². The second-order valence-electron chi connectivity index (χ2n) is 5.79. The van der Waals surface area contributed by atoms with Crippen LogP contribution in [0.15, 0.2) is 12.4 Å². The number of rotatable bonds is 5. The molecule has 1 aromatic rings. The Morgan fingerprint density at radius 2 is 2.36 bits per heavy atom. The fourth-order valence-corrected chi connectivity index (χ4v) is 3.19. The number of hydrogen-bond donors (Lipinski definition) is 2. The first-order valence-corrected chi connectivity index (χ1v) is 8.14. The van der Waals surface area contributed by atoms with Crippen molar-refractivity contribution >= 4 is 23.6 Å². The Bertz CT molecular complexity index is 558. The predicted octanol–water partition coefficient (Wildman–Crippen LogP) is -0.249. The molecule has 0 aliphatic carbocycles. The van der Waals surface area contributed by atoms with E-state index in [9.17, 15) is 14.7 Å². The van der Waals surface area contributed by atoms with Crippen LogP contribution in [0.25, 0.3) is 0 Å². The molecule has 2 amide bonds. The Morgan fingerprint density at radius 3 is 2.91 bits per heavy atom. The van der Waals surface area contributed by atoms with Crippen LogP contribution in [-0.4, -0.2) is 61.1 Å². The molecule has 2 rings (SSSR count). The molecule has 8 heteroatoms. The first-order valence-electron chi connectivity index (χ1n) is 7.16. The normalized spacial score (nSPS) is 20.5. The number of nitrogens with zero attached hydrogens (tertiary/aromatic N) is 3. The van der Waals surface area contributed by atoms with Crippen LogP contribution in [0.5, 0.6) is 0 Å². The number of carbonyl (C=O) groups excluding carboxylic acids is 2. The van der Waals surface area contributed by atoms with Crippen molar-refractivity contribution in [2.75, 3.05) is 18.9 Å². The maximum absolute atomic E-state index is 12.6. The van der Waals surface area contributed by atoms with Gasteiger partial charge in [-0.1, -0.05) is 0 Å². The number of carbonyl (C=O) groups is 2. The van der Waals surface area contributed by atoms with Gasteiger partial charge in [0.15, 0.2) is 0 Å². The van der Waals surface area contributed by atoms with Crippen molar-refractivity contribution in [3.63, 3.8) is 0 Å². The lowest BCUT2D eigenvalue weighted by molar-refractivity contribution is -0.137. The van der Waals surface area contributed by atoms with Crippen molar-refractivity contribution in [2.24, 2.45) is 7.05 Å². The van der Waals surface area contributed by atoms with Crippen molar-refractivity contribution < 1.29 is 14.7 Å². The molecule has 22 heavy (non-hydrogen) atoms. The lowest BCUT2D eigenvalue weighted by Gasteiger charge is -2.35. The Labute approximate surface area is 134 Å². The second kappa shape index (κ2) is 6.70. The standard InChI is InChI=1S/C14H22N4O3S/c1-14(2)13(21)16-10(9-22-14)12(20)18(6-7-19)8-11-15-4-5-17(11)3/h4-5,10,19H,6-9H2,1-3H3,(H,16,21)/t10-/m1/s1. The third kappa shape index (κ3) is 3.61. The lowest BCUT2D eigenvalue weighted by Crippen LogP contribution is -2.58. The second-order valence-corrected chi connectivity index (χ2v) is 7.43. The molecule has 122 valence electrons. The van der Waals surface area contributed by atoms with Crippen LogP contribution in [-0.2, 0) is 23.2 Å². The van der Waals surface area contributed by atoms with Crippen molar-refractivity contribution in [1.82, 2.24) is 19.8 Å². The predicted molar refractivity (Wildman–Crippen MR) is 84.2 cm³/mol. The van der Waals surface area contributed by atoms with Gasteiger partial charge in [0.25, 0.3) is 0 Å². The molecule has 2 heterocycles. The summed E-state index contributed by atoms with van der Waals surface area (Å²) in [5, 5.41) is 12.0. The highest BCUT2D eigenvalue weighted by Crippen LogP contribution is 2.29. The number of nitrogens with one attached hydrogen (secondary N) is 1. The van der Waals surface area contributed by atoms with Crippen LogP contribution >= 0.6 is 11.8 Å². The highest BCUT2D eigenvalue weighted by molar-refractivity contribution is 8.01. The molecule has 0 spiro atoms. The van der Waals surface area contributed by atoms with E-state index in [1.165, 1.54) is 16.7 Å². The first-order chi connectivity index (χ1) is 10.3. The molecule has 0 radical (unpaired) electrons. The van der Waals surface area contributed by atoms with Gasteiger partial charge in [-0.2, -0.15) is 0 Å². The fourth-order valence-electron chi connectivity index (χ4n) is 2.19. The van der Waals surface area contributed by atoms with Crippen LogP contribution in [0.4, 0.5) is 0 Å². The molecule has 0 aromatic carbocycles. The fraction of sp³-hybridized carbons (Fsp3) is 0.643. The van der Waals surface area contributed by atoms with Crippen LogP contribution in [0.3, 0.4) is 0 Å². The molecule has 0 saturated carbocycles. The van der Waals surface area contributed by atoms with E-state index in [0.717, 1.165) is 5.82 Å². The van der Waals surface area contributed by atoms with Crippen molar-refractivity contribution in [3.05, 3.63) is 18.2 Å². The number of hydrogen-bond acceptors (Lipinski definition) is 5. The molecule has 1 fully saturated rings. The molecule has 1 saturated heterocycles. The molecule has 2 N–H and O–H groups in total. The highest BCUT2D eigenvalue weighted by atomic mass is 32.2. The summed E-state index contributed by atoms with van der Waals surface area (Å²) in [6.07, 6.45) is 3.47. The highest BCUT2D eigenvalue weighted by Gasteiger charge is 2.39. The van der Waals surface area contributed by atoms with E-state index < -0.39 is 10.8 Å². The van der Waals surface area contributed by atoms with Crippen molar-refractivity contribution in [1.29, 1.82) is 0 Å². The van der Waals surface area contributed by atoms with Crippen LogP contribution in [0.1, 0.15) is 19.7 Å². The number of imidazole rings is 1. The summed E-state index contributed by atoms with van der Waals surface area (Å²) in [5.41, 5.74) is 0. The Balaban J connectivity index is 2.07. The molecule has 1 aliphatic rings. The zero-order chi connectivity index (χ0) is 16.3. The summed E-state index contributed by atoms with van der Waals surface area (Å²) >= 11 is 1.47. The average Bonchev–Trinajstić information content (AvgIpc) is 2.86. The van der Waals surface area contributed by atoms with Gasteiger partial charge >= 0.3 is 0 Å². The van der Waals surface area contributed by atoms with E-state index in [2.05, 4.69) is 10.3 Å². The van der Waals surface area contributed by atoms with E-state index in [1.807, 2.05) is 25.5 Å². The molecule has 0 unspecified atom stereocenters. The van der Waals surface area contributed by atoms with Crippen molar-refractivity contribution in [2.45, 2.75) is 31.2 Å². The summed E-state index contributed by atoms with van der Waals surface area (Å²) in [4.78, 5) is 30.4. The van der Waals surface area contributed by atoms with Gasteiger partial charge in [0, 0.05) is 31.7 Å². The van der Waals surface area contributed by atoms with Gasteiger partial charge in [-0.15, -0.1) is 11.8 Å². The molecular formula is C14H22N4O3S. The van der Waals surface area contributed by atoms with E-state index >= 15 is 0 Å². The topological polar surface area (TPSA) is 87.5 Å². The maximum Gasteiger partial charge on any atom is 0.246 e. The minimum atomic E-state index is -0.558. The molecule has 0 bridgehead atoms. The zero-order valence-electron chi connectivity index (χ0n) is 13.1. The van der Waals surface area contributed by atoms with E-state index in [0.29, 0.717) is 12.3 Å². The number of thioether (sulfide) groups is 1. The molecule has 1 aliphatic heterocycles. The van der Waals surface area contributed by atoms with Crippen LogP contribution in [0, 0.1) is 0 Å². The summed E-state index contributed by atoms with van der Waals surface area (Å²) in [5.74, 6) is 0.938. The Kier molecular flexibility index (Phi) is 5.12. The van der Waals surface area contributed by atoms with Gasteiger partial charge in [-0.25, -0.2) is 4.98 Å². The van der Waals surface area contributed by atoms with Crippen LogP contribution in [0.2, 0.25) is 0 Å². The quantitative estimate of drug-likeness (QED) is 0.779. The Hall–Kier alpha value is -1.54. The van der Waals surface area contributed by atoms with Crippen molar-refractivity contribution in [3.8, 4) is 0 Å². The summed E-state index contributed by atoms with van der Waals surface area (Å²) in [7, 11) is 1.85.